The third-order valence-electron chi connectivity index (χ3n) is 6.93. The second kappa shape index (κ2) is 9.73. The van der Waals surface area contributed by atoms with E-state index < -0.39 is 18.2 Å². The highest BCUT2D eigenvalue weighted by molar-refractivity contribution is 7.21. The molecular formula is C25H33N5O3S. The molecule has 0 aliphatic heterocycles. The highest BCUT2D eigenvalue weighted by Crippen LogP contribution is 2.39. The number of fused-ring (bicyclic) bond motifs is 1. The summed E-state index contributed by atoms with van der Waals surface area (Å²) in [6.45, 7) is 4.80. The fraction of sp³-hybridized carbons (Fsp3) is 0.560. The molecular weight excluding hydrogens is 450 g/mol. The molecule has 5 rings (SSSR count). The number of anilines is 2. The number of aryl methyl sites for hydroxylation is 2. The Bertz CT molecular complexity index is 1160. The summed E-state index contributed by atoms with van der Waals surface area (Å²) >= 11 is 1.61. The number of aliphatic hydroxyl groups is 3. The third kappa shape index (κ3) is 4.62. The average Bonchev–Trinajstić information content (AvgIpc) is 3.49. The number of hydrogen-bond acceptors (Lipinski definition) is 9. The lowest BCUT2D eigenvalue weighted by atomic mass is 10.1. The normalized spacial score (nSPS) is 24.6. The van der Waals surface area contributed by atoms with E-state index in [4.69, 9.17) is 15.0 Å². The van der Waals surface area contributed by atoms with Crippen molar-refractivity contribution in [1.82, 2.24) is 15.0 Å². The largest absolute Gasteiger partial charge is 0.396 e. The third-order valence-corrected chi connectivity index (χ3v) is 7.97. The Morgan fingerprint density at radius 2 is 1.94 bits per heavy atom. The number of benzene rings is 1. The predicted octanol–water partition coefficient (Wildman–Crippen LogP) is 3.35. The first kappa shape index (κ1) is 23.4. The molecule has 2 saturated carbocycles. The fourth-order valence-corrected chi connectivity index (χ4v) is 5.89. The monoisotopic (exact) mass is 483 g/mol. The molecule has 182 valence electrons. The number of aromatic nitrogens is 3. The second-order valence-electron chi connectivity index (χ2n) is 9.62. The molecule has 0 saturated heterocycles. The molecule has 8 nitrogen and oxygen atoms in total. The van der Waals surface area contributed by atoms with Crippen LogP contribution in [0.5, 0.6) is 0 Å². The van der Waals surface area contributed by atoms with Crippen molar-refractivity contribution in [3.05, 3.63) is 29.5 Å². The summed E-state index contributed by atoms with van der Waals surface area (Å²) in [6.07, 6.45) is 2.98. The SMILES string of the molecule is CCCc1cccc2sc(-c3c(C)nc(NCC4CC4)nc3NC3CC(CO)C(O)C3O)nc12. The summed E-state index contributed by atoms with van der Waals surface area (Å²) < 4.78 is 1.12. The average molecular weight is 484 g/mol. The first-order valence-corrected chi connectivity index (χ1v) is 13.0. The van der Waals surface area contributed by atoms with Crippen LogP contribution in [-0.4, -0.2) is 61.7 Å². The van der Waals surface area contributed by atoms with Gasteiger partial charge in [0.2, 0.25) is 5.95 Å². The zero-order valence-electron chi connectivity index (χ0n) is 19.7. The van der Waals surface area contributed by atoms with Crippen molar-refractivity contribution < 1.29 is 15.3 Å². The van der Waals surface area contributed by atoms with Gasteiger partial charge < -0.3 is 26.0 Å². The van der Waals surface area contributed by atoms with Crippen LogP contribution in [0.3, 0.4) is 0 Å². The van der Waals surface area contributed by atoms with Gasteiger partial charge >= 0.3 is 0 Å². The van der Waals surface area contributed by atoms with Gasteiger partial charge in [0, 0.05) is 19.1 Å². The van der Waals surface area contributed by atoms with E-state index in [1.807, 2.05) is 6.92 Å². The Morgan fingerprint density at radius 3 is 2.65 bits per heavy atom. The van der Waals surface area contributed by atoms with Crippen LogP contribution in [0.2, 0.25) is 0 Å². The molecule has 9 heteroatoms. The predicted molar refractivity (Wildman–Crippen MR) is 135 cm³/mol. The number of thiazole rings is 1. The molecule has 34 heavy (non-hydrogen) atoms. The van der Waals surface area contributed by atoms with Gasteiger partial charge in [-0.3, -0.25) is 0 Å². The molecule has 0 bridgehead atoms. The molecule has 2 aliphatic carbocycles. The van der Waals surface area contributed by atoms with Gasteiger partial charge in [-0.25, -0.2) is 9.97 Å². The molecule has 5 N–H and O–H groups in total. The Balaban J connectivity index is 1.54. The molecule has 2 fully saturated rings. The lowest BCUT2D eigenvalue weighted by Crippen LogP contribution is -2.35. The van der Waals surface area contributed by atoms with E-state index in [9.17, 15) is 15.3 Å². The Morgan fingerprint density at radius 1 is 1.12 bits per heavy atom. The molecule has 3 aromatic rings. The number of para-hydroxylation sites is 1. The van der Waals surface area contributed by atoms with Crippen molar-refractivity contribution in [2.45, 2.75) is 64.2 Å². The van der Waals surface area contributed by atoms with Crippen molar-refractivity contribution in [3.63, 3.8) is 0 Å². The van der Waals surface area contributed by atoms with Crippen molar-refractivity contribution in [1.29, 1.82) is 0 Å². The maximum atomic E-state index is 10.6. The first-order chi connectivity index (χ1) is 16.5. The quantitative estimate of drug-likeness (QED) is 0.314. The van der Waals surface area contributed by atoms with E-state index in [1.165, 1.54) is 18.4 Å². The lowest BCUT2D eigenvalue weighted by Gasteiger charge is -2.21. The van der Waals surface area contributed by atoms with Crippen LogP contribution in [0.4, 0.5) is 11.8 Å². The van der Waals surface area contributed by atoms with Gasteiger partial charge in [-0.15, -0.1) is 11.3 Å². The molecule has 2 aliphatic rings. The molecule has 2 heterocycles. The standard InChI is InChI=1S/C25H33N5O3S/c1-3-5-15-6-4-7-18-20(15)29-24(34-18)19-13(2)27-25(26-11-14-8-9-14)30-23(19)28-17-10-16(12-31)21(32)22(17)33/h4,6-7,14,16-17,21-22,31-33H,3,5,8-12H2,1-2H3,(H2,26,27,28,30). The number of hydrogen-bond donors (Lipinski definition) is 5. The van der Waals surface area contributed by atoms with Gasteiger partial charge in [-0.05, 0) is 50.2 Å². The lowest BCUT2D eigenvalue weighted by molar-refractivity contribution is 0.00446. The number of nitrogens with zero attached hydrogens (tertiary/aromatic N) is 3. The summed E-state index contributed by atoms with van der Waals surface area (Å²) in [5.41, 5.74) is 3.87. The van der Waals surface area contributed by atoms with Crippen LogP contribution in [0, 0.1) is 18.8 Å². The molecule has 1 aromatic carbocycles. The van der Waals surface area contributed by atoms with Crippen molar-refractivity contribution in [2.75, 3.05) is 23.8 Å². The minimum absolute atomic E-state index is 0.168. The summed E-state index contributed by atoms with van der Waals surface area (Å²) in [5, 5.41) is 38.1. The number of nitrogens with one attached hydrogen (secondary N) is 2. The van der Waals surface area contributed by atoms with E-state index in [0.29, 0.717) is 24.1 Å². The zero-order chi connectivity index (χ0) is 23.8. The highest BCUT2D eigenvalue weighted by atomic mass is 32.1. The van der Waals surface area contributed by atoms with Crippen LogP contribution < -0.4 is 10.6 Å². The highest BCUT2D eigenvalue weighted by Gasteiger charge is 2.41. The van der Waals surface area contributed by atoms with Gasteiger partial charge in [-0.1, -0.05) is 25.5 Å². The smallest absolute Gasteiger partial charge is 0.224 e. The molecule has 0 spiro atoms. The number of rotatable bonds is 9. The minimum Gasteiger partial charge on any atom is -0.396 e. The topological polar surface area (TPSA) is 123 Å². The van der Waals surface area contributed by atoms with Crippen LogP contribution in [-0.2, 0) is 6.42 Å². The Labute approximate surface area is 203 Å². The van der Waals surface area contributed by atoms with Crippen LogP contribution in [0.25, 0.3) is 20.8 Å². The van der Waals surface area contributed by atoms with Crippen molar-refractivity contribution in [3.8, 4) is 10.6 Å². The molecule has 0 amide bonds. The zero-order valence-corrected chi connectivity index (χ0v) is 20.5. The molecule has 0 radical (unpaired) electrons. The van der Waals surface area contributed by atoms with E-state index >= 15 is 0 Å². The van der Waals surface area contributed by atoms with E-state index in [2.05, 4.69) is 35.8 Å². The number of aliphatic hydroxyl groups excluding tert-OH is 3. The molecule has 2 aromatic heterocycles. The fourth-order valence-electron chi connectivity index (χ4n) is 4.78. The van der Waals surface area contributed by atoms with Crippen molar-refractivity contribution in [2.24, 2.45) is 11.8 Å². The maximum absolute atomic E-state index is 10.6. The van der Waals surface area contributed by atoms with Gasteiger partial charge in [0.05, 0.1) is 33.6 Å². The summed E-state index contributed by atoms with van der Waals surface area (Å²) in [7, 11) is 0. The van der Waals surface area contributed by atoms with E-state index in [1.54, 1.807) is 11.3 Å². The summed E-state index contributed by atoms with van der Waals surface area (Å²) in [5.74, 6) is 1.45. The molecule has 4 atom stereocenters. The van der Waals surface area contributed by atoms with Gasteiger partial charge in [0.1, 0.15) is 16.9 Å². The van der Waals surface area contributed by atoms with Gasteiger partial charge in [-0.2, -0.15) is 4.98 Å². The Kier molecular flexibility index (Phi) is 6.70. The van der Waals surface area contributed by atoms with Gasteiger partial charge in [0.25, 0.3) is 0 Å². The van der Waals surface area contributed by atoms with E-state index in [-0.39, 0.29) is 12.5 Å². The summed E-state index contributed by atoms with van der Waals surface area (Å²) in [4.78, 5) is 14.5. The van der Waals surface area contributed by atoms with Crippen molar-refractivity contribution >= 4 is 33.3 Å². The van der Waals surface area contributed by atoms with Gasteiger partial charge in [0.15, 0.2) is 0 Å². The Hall–Kier alpha value is -2.33. The van der Waals surface area contributed by atoms with E-state index in [0.717, 1.165) is 45.9 Å². The maximum Gasteiger partial charge on any atom is 0.224 e. The first-order valence-electron chi connectivity index (χ1n) is 12.2. The van der Waals surface area contributed by atoms with Crippen LogP contribution in [0.15, 0.2) is 18.2 Å². The molecule has 4 unspecified atom stereocenters. The second-order valence-corrected chi connectivity index (χ2v) is 10.7. The minimum atomic E-state index is -0.991. The summed E-state index contributed by atoms with van der Waals surface area (Å²) in [6, 6.07) is 5.87. The van der Waals surface area contributed by atoms with Crippen LogP contribution >= 0.6 is 11.3 Å². The van der Waals surface area contributed by atoms with Crippen LogP contribution in [0.1, 0.15) is 43.9 Å².